The van der Waals surface area contributed by atoms with Gasteiger partial charge in [-0.05, 0) is 38.2 Å². The minimum atomic E-state index is -0.381. The number of rotatable bonds is 7. The quantitative estimate of drug-likeness (QED) is 0.718. The molecule has 1 unspecified atom stereocenters. The summed E-state index contributed by atoms with van der Waals surface area (Å²) in [5.74, 6) is 0. The molecule has 2 rings (SSSR count). The molecule has 1 heterocycles. The van der Waals surface area contributed by atoms with Crippen LogP contribution < -0.4 is 10.6 Å². The predicted octanol–water partition coefficient (Wildman–Crippen LogP) is 2.59. The largest absolute Gasteiger partial charge is 0.396 e. The Balaban J connectivity index is 2.02. The lowest BCUT2D eigenvalue weighted by Crippen LogP contribution is -2.53. The van der Waals surface area contributed by atoms with Gasteiger partial charge in [-0.2, -0.15) is 0 Å². The zero-order valence-electron chi connectivity index (χ0n) is 14.8. The maximum atomic E-state index is 12.4. The van der Waals surface area contributed by atoms with E-state index in [9.17, 15) is 9.90 Å². The van der Waals surface area contributed by atoms with Gasteiger partial charge < -0.3 is 20.5 Å². The molecule has 0 aromatic heterocycles. The highest BCUT2D eigenvalue weighted by molar-refractivity contribution is 5.74. The first-order valence-corrected chi connectivity index (χ1v) is 8.84. The number of carbonyl (C=O) groups is 1. The molecule has 24 heavy (non-hydrogen) atoms. The summed E-state index contributed by atoms with van der Waals surface area (Å²) in [6.45, 7) is 6.07. The third kappa shape index (κ3) is 4.71. The molecule has 0 radical (unpaired) electrons. The molecule has 1 saturated heterocycles. The molecule has 2 amide bonds. The molecule has 5 nitrogen and oxygen atoms in total. The number of amides is 2. The number of ether oxygens (including phenoxy) is 1. The lowest BCUT2D eigenvalue weighted by atomic mass is 9.74. The molecule has 1 atom stereocenters. The fraction of sp³-hybridized carbons (Fsp3) is 0.632. The second-order valence-electron chi connectivity index (χ2n) is 6.95. The number of benzene rings is 1. The van der Waals surface area contributed by atoms with E-state index >= 15 is 0 Å². The molecule has 0 saturated carbocycles. The summed E-state index contributed by atoms with van der Waals surface area (Å²) in [7, 11) is 0. The van der Waals surface area contributed by atoms with Gasteiger partial charge in [0.2, 0.25) is 0 Å². The summed E-state index contributed by atoms with van der Waals surface area (Å²) < 4.78 is 5.53. The first-order chi connectivity index (χ1) is 11.5. The van der Waals surface area contributed by atoms with E-state index in [2.05, 4.69) is 22.8 Å². The number of aliphatic hydroxyl groups is 1. The minimum absolute atomic E-state index is 0.0654. The van der Waals surface area contributed by atoms with Gasteiger partial charge in [0, 0.05) is 37.3 Å². The molecule has 1 aliphatic heterocycles. The highest BCUT2D eigenvalue weighted by Gasteiger charge is 2.35. The van der Waals surface area contributed by atoms with Gasteiger partial charge in [-0.1, -0.05) is 37.3 Å². The number of hydrogen-bond donors (Lipinski definition) is 3. The van der Waals surface area contributed by atoms with Crippen LogP contribution in [0.1, 0.15) is 45.1 Å². The lowest BCUT2D eigenvalue weighted by Gasteiger charge is -2.38. The van der Waals surface area contributed by atoms with E-state index in [1.807, 2.05) is 32.0 Å². The van der Waals surface area contributed by atoms with Crippen molar-refractivity contribution in [1.82, 2.24) is 10.6 Å². The van der Waals surface area contributed by atoms with Crippen molar-refractivity contribution in [1.29, 1.82) is 0 Å². The molecule has 1 aromatic carbocycles. The molecule has 1 fully saturated rings. The highest BCUT2D eigenvalue weighted by Crippen LogP contribution is 2.34. The first kappa shape index (κ1) is 18.7. The second-order valence-corrected chi connectivity index (χ2v) is 6.95. The fourth-order valence-electron chi connectivity index (χ4n) is 3.26. The average Bonchev–Trinajstić information content (AvgIpc) is 2.62. The van der Waals surface area contributed by atoms with Crippen LogP contribution in [0.25, 0.3) is 0 Å². The van der Waals surface area contributed by atoms with Crippen LogP contribution in [0.4, 0.5) is 4.79 Å². The van der Waals surface area contributed by atoms with Gasteiger partial charge in [0.15, 0.2) is 0 Å². The van der Waals surface area contributed by atoms with Crippen LogP contribution in [0.5, 0.6) is 0 Å². The number of hydrogen-bond acceptors (Lipinski definition) is 3. The fourth-order valence-corrected chi connectivity index (χ4v) is 3.26. The van der Waals surface area contributed by atoms with Crippen LogP contribution >= 0.6 is 0 Å². The third-order valence-electron chi connectivity index (χ3n) is 5.28. The highest BCUT2D eigenvalue weighted by atomic mass is 16.5. The Hall–Kier alpha value is -1.59. The van der Waals surface area contributed by atoms with E-state index in [0.29, 0.717) is 13.0 Å². The van der Waals surface area contributed by atoms with Gasteiger partial charge in [0.05, 0.1) is 0 Å². The van der Waals surface area contributed by atoms with Crippen LogP contribution in [0.3, 0.4) is 0 Å². The monoisotopic (exact) mass is 334 g/mol. The molecular weight excluding hydrogens is 304 g/mol. The van der Waals surface area contributed by atoms with Crippen molar-refractivity contribution < 1.29 is 14.6 Å². The zero-order chi connectivity index (χ0) is 17.5. The summed E-state index contributed by atoms with van der Waals surface area (Å²) in [5, 5.41) is 15.2. The van der Waals surface area contributed by atoms with Crippen molar-refractivity contribution in [2.75, 3.05) is 26.4 Å². The van der Waals surface area contributed by atoms with Crippen LogP contribution in [0, 0.1) is 0 Å². The van der Waals surface area contributed by atoms with Gasteiger partial charge in [0.1, 0.15) is 0 Å². The maximum absolute atomic E-state index is 12.4. The normalized spacial score (nSPS) is 19.3. The number of urea groups is 1. The Bertz CT molecular complexity index is 515. The summed E-state index contributed by atoms with van der Waals surface area (Å²) in [6.07, 6.45) is 3.13. The first-order valence-electron chi connectivity index (χ1n) is 8.84. The minimum Gasteiger partial charge on any atom is -0.396 e. The number of aliphatic hydroxyl groups excluding tert-OH is 1. The van der Waals surface area contributed by atoms with Crippen LogP contribution in [0.2, 0.25) is 0 Å². The van der Waals surface area contributed by atoms with Gasteiger partial charge in [-0.3, -0.25) is 0 Å². The molecule has 1 aliphatic rings. The standard InChI is InChI=1S/C19H30N2O3/c1-3-18(2,9-12-22)21-17(23)20-15-19(10-13-24-14-11-19)16-7-5-4-6-8-16/h4-8,22H,3,9-15H2,1-2H3,(H2,20,21,23). The molecule has 134 valence electrons. The van der Waals surface area contributed by atoms with Crippen LogP contribution in [0.15, 0.2) is 30.3 Å². The molecule has 0 aliphatic carbocycles. The summed E-state index contributed by atoms with van der Waals surface area (Å²) >= 11 is 0. The Labute approximate surface area is 144 Å². The average molecular weight is 334 g/mol. The molecule has 0 bridgehead atoms. The van der Waals surface area contributed by atoms with E-state index in [-0.39, 0.29) is 23.6 Å². The Morgan fingerprint density at radius 2 is 1.96 bits per heavy atom. The van der Waals surface area contributed by atoms with E-state index < -0.39 is 0 Å². The summed E-state index contributed by atoms with van der Waals surface area (Å²) in [6, 6.07) is 10.2. The van der Waals surface area contributed by atoms with Gasteiger partial charge in [0.25, 0.3) is 0 Å². The van der Waals surface area contributed by atoms with E-state index in [0.717, 1.165) is 32.5 Å². The smallest absolute Gasteiger partial charge is 0.315 e. The number of carbonyl (C=O) groups excluding carboxylic acids is 1. The molecule has 5 heteroatoms. The van der Waals surface area contributed by atoms with Gasteiger partial charge >= 0.3 is 6.03 Å². The van der Waals surface area contributed by atoms with Gasteiger partial charge in [-0.25, -0.2) is 4.79 Å². The van der Waals surface area contributed by atoms with Crippen LogP contribution in [-0.2, 0) is 10.2 Å². The van der Waals surface area contributed by atoms with Gasteiger partial charge in [-0.15, -0.1) is 0 Å². The van der Waals surface area contributed by atoms with E-state index in [4.69, 9.17) is 4.74 Å². The van der Waals surface area contributed by atoms with Crippen molar-refractivity contribution in [3.63, 3.8) is 0 Å². The maximum Gasteiger partial charge on any atom is 0.315 e. The molecule has 0 spiro atoms. The summed E-state index contributed by atoms with van der Waals surface area (Å²) in [5.41, 5.74) is 0.799. The Kier molecular flexibility index (Phi) is 6.63. The zero-order valence-corrected chi connectivity index (χ0v) is 14.8. The molecular formula is C19H30N2O3. The second kappa shape index (κ2) is 8.49. The van der Waals surface area contributed by atoms with E-state index in [1.165, 1.54) is 5.56 Å². The third-order valence-corrected chi connectivity index (χ3v) is 5.28. The van der Waals surface area contributed by atoms with Crippen molar-refractivity contribution >= 4 is 6.03 Å². The van der Waals surface area contributed by atoms with Crippen molar-refractivity contribution in [2.24, 2.45) is 0 Å². The Morgan fingerprint density at radius 1 is 1.29 bits per heavy atom. The predicted molar refractivity (Wildman–Crippen MR) is 95.1 cm³/mol. The van der Waals surface area contributed by atoms with Crippen LogP contribution in [-0.4, -0.2) is 43.0 Å². The Morgan fingerprint density at radius 3 is 2.54 bits per heavy atom. The SMILES string of the molecule is CCC(C)(CCO)NC(=O)NCC1(c2ccccc2)CCOCC1. The van der Waals surface area contributed by atoms with Crippen molar-refractivity contribution in [3.05, 3.63) is 35.9 Å². The number of nitrogens with one attached hydrogen (secondary N) is 2. The summed E-state index contributed by atoms with van der Waals surface area (Å²) in [4.78, 5) is 12.4. The van der Waals surface area contributed by atoms with Crippen molar-refractivity contribution in [3.8, 4) is 0 Å². The lowest BCUT2D eigenvalue weighted by molar-refractivity contribution is 0.0505. The van der Waals surface area contributed by atoms with E-state index in [1.54, 1.807) is 0 Å². The molecule has 3 N–H and O–H groups in total. The molecule has 1 aromatic rings. The topological polar surface area (TPSA) is 70.6 Å². The van der Waals surface area contributed by atoms with Crippen molar-refractivity contribution in [2.45, 2.75) is 50.5 Å².